The molecule has 0 aliphatic carbocycles. The topological polar surface area (TPSA) is 46.2 Å². The van der Waals surface area contributed by atoms with E-state index in [9.17, 15) is 8.42 Å². The average molecular weight is 225 g/mol. The quantitative estimate of drug-likeness (QED) is 0.840. The lowest BCUT2D eigenvalue weighted by Crippen LogP contribution is -2.13. The molecule has 15 heavy (non-hydrogen) atoms. The van der Waals surface area contributed by atoms with Crippen molar-refractivity contribution >= 4 is 9.84 Å². The van der Waals surface area contributed by atoms with Gasteiger partial charge in [-0.15, -0.1) is 0 Å². The van der Waals surface area contributed by atoms with E-state index >= 15 is 0 Å². The minimum atomic E-state index is -3.01. The molecule has 0 saturated carbocycles. The molecule has 1 unspecified atom stereocenters. The first-order valence-corrected chi connectivity index (χ1v) is 6.76. The van der Waals surface area contributed by atoms with Crippen LogP contribution < -0.4 is 5.32 Å². The molecule has 4 heteroatoms. The normalized spacial score (nSPS) is 22.6. The number of benzene rings is 1. The van der Waals surface area contributed by atoms with Crippen molar-refractivity contribution in [3.05, 3.63) is 29.8 Å². The fourth-order valence-corrected chi connectivity index (χ4v) is 4.04. The zero-order chi connectivity index (χ0) is 10.9. The maximum atomic E-state index is 11.8. The third-order valence-electron chi connectivity index (χ3n) is 2.86. The number of fused-ring (bicyclic) bond motifs is 1. The Balaban J connectivity index is 2.34. The average Bonchev–Trinajstić information content (AvgIpc) is 2.49. The molecule has 1 aliphatic heterocycles. The van der Waals surface area contributed by atoms with Gasteiger partial charge in [-0.25, -0.2) is 8.42 Å². The first-order chi connectivity index (χ1) is 7.15. The molecule has 0 aromatic heterocycles. The minimum Gasteiger partial charge on any atom is -0.320 e. The van der Waals surface area contributed by atoms with Crippen molar-refractivity contribution in [2.45, 2.75) is 17.2 Å². The highest BCUT2D eigenvalue weighted by Gasteiger charge is 2.33. The maximum Gasteiger partial charge on any atom is 0.179 e. The van der Waals surface area contributed by atoms with Gasteiger partial charge in [0, 0.05) is 5.92 Å². The second kappa shape index (κ2) is 3.94. The molecule has 0 saturated heterocycles. The molecule has 1 heterocycles. The van der Waals surface area contributed by atoms with Crippen LogP contribution in [0.25, 0.3) is 0 Å². The van der Waals surface area contributed by atoms with Crippen LogP contribution in [-0.2, 0) is 9.84 Å². The Morgan fingerprint density at radius 1 is 1.40 bits per heavy atom. The van der Waals surface area contributed by atoms with E-state index in [-0.39, 0.29) is 11.7 Å². The highest BCUT2D eigenvalue weighted by Crippen LogP contribution is 2.36. The van der Waals surface area contributed by atoms with E-state index in [0.717, 1.165) is 18.5 Å². The largest absolute Gasteiger partial charge is 0.320 e. The molecule has 1 N–H and O–H groups in total. The van der Waals surface area contributed by atoms with E-state index < -0.39 is 9.84 Å². The summed E-state index contributed by atoms with van der Waals surface area (Å²) in [6.45, 7) is 0.856. The number of hydrogen-bond acceptors (Lipinski definition) is 3. The molecule has 3 nitrogen and oxygen atoms in total. The van der Waals surface area contributed by atoms with Gasteiger partial charge in [-0.05, 0) is 31.6 Å². The van der Waals surface area contributed by atoms with E-state index in [1.54, 1.807) is 12.1 Å². The van der Waals surface area contributed by atoms with Crippen LogP contribution in [-0.4, -0.2) is 27.8 Å². The molecular weight excluding hydrogens is 210 g/mol. The van der Waals surface area contributed by atoms with E-state index in [4.69, 9.17) is 0 Å². The lowest BCUT2D eigenvalue weighted by Gasteiger charge is -2.08. The SMILES string of the molecule is CNCCC1CS(=O)(=O)c2ccccc21. The minimum absolute atomic E-state index is 0.165. The van der Waals surface area contributed by atoms with E-state index in [2.05, 4.69) is 5.32 Å². The molecule has 0 amide bonds. The predicted octanol–water partition coefficient (Wildman–Crippen LogP) is 1.17. The third kappa shape index (κ3) is 1.92. The van der Waals surface area contributed by atoms with Crippen molar-refractivity contribution in [2.24, 2.45) is 0 Å². The second-order valence-corrected chi connectivity index (χ2v) is 5.91. The van der Waals surface area contributed by atoms with Gasteiger partial charge in [-0.2, -0.15) is 0 Å². The fraction of sp³-hybridized carbons (Fsp3) is 0.455. The molecule has 2 rings (SSSR count). The summed E-state index contributed by atoms with van der Waals surface area (Å²) in [7, 11) is -1.13. The summed E-state index contributed by atoms with van der Waals surface area (Å²) in [5.41, 5.74) is 0.993. The molecule has 1 aromatic rings. The molecule has 1 atom stereocenters. The van der Waals surface area contributed by atoms with Crippen molar-refractivity contribution in [2.75, 3.05) is 19.3 Å². The van der Waals surface area contributed by atoms with E-state index in [1.807, 2.05) is 19.2 Å². The Morgan fingerprint density at radius 3 is 2.87 bits per heavy atom. The summed E-state index contributed by atoms with van der Waals surface area (Å²) in [5, 5.41) is 3.06. The van der Waals surface area contributed by atoms with Gasteiger partial charge in [0.2, 0.25) is 0 Å². The summed E-state index contributed by atoms with van der Waals surface area (Å²) < 4.78 is 23.6. The lowest BCUT2D eigenvalue weighted by atomic mass is 9.98. The zero-order valence-corrected chi connectivity index (χ0v) is 9.55. The Labute approximate surface area is 90.4 Å². The van der Waals surface area contributed by atoms with Gasteiger partial charge < -0.3 is 5.32 Å². The second-order valence-electron chi connectivity index (χ2n) is 3.91. The van der Waals surface area contributed by atoms with Crippen molar-refractivity contribution in [1.29, 1.82) is 0 Å². The Hall–Kier alpha value is -0.870. The molecule has 1 aliphatic rings. The van der Waals surface area contributed by atoms with Gasteiger partial charge in [0.25, 0.3) is 0 Å². The zero-order valence-electron chi connectivity index (χ0n) is 8.73. The maximum absolute atomic E-state index is 11.8. The van der Waals surface area contributed by atoms with Crippen molar-refractivity contribution in [3.8, 4) is 0 Å². The first kappa shape index (κ1) is 10.6. The Bertz CT molecular complexity index is 453. The van der Waals surface area contributed by atoms with Crippen LogP contribution in [0.3, 0.4) is 0 Å². The predicted molar refractivity (Wildman–Crippen MR) is 59.8 cm³/mol. The van der Waals surface area contributed by atoms with Crippen LogP contribution in [0.1, 0.15) is 17.9 Å². The molecule has 0 spiro atoms. The number of sulfone groups is 1. The van der Waals surface area contributed by atoms with Gasteiger partial charge in [-0.3, -0.25) is 0 Å². The van der Waals surface area contributed by atoms with E-state index in [0.29, 0.717) is 4.90 Å². The fourth-order valence-electron chi connectivity index (χ4n) is 2.10. The summed E-state index contributed by atoms with van der Waals surface area (Å²) in [6.07, 6.45) is 0.882. The monoisotopic (exact) mass is 225 g/mol. The number of hydrogen-bond donors (Lipinski definition) is 1. The van der Waals surface area contributed by atoms with Gasteiger partial charge >= 0.3 is 0 Å². The van der Waals surface area contributed by atoms with Crippen molar-refractivity contribution < 1.29 is 8.42 Å². The van der Waals surface area contributed by atoms with Crippen LogP contribution >= 0.6 is 0 Å². The van der Waals surface area contributed by atoms with Crippen molar-refractivity contribution in [1.82, 2.24) is 5.32 Å². The molecule has 0 fully saturated rings. The Kier molecular flexibility index (Phi) is 2.80. The molecular formula is C11H15NO2S. The van der Waals surface area contributed by atoms with Crippen LogP contribution in [0.15, 0.2) is 29.2 Å². The molecule has 1 aromatic carbocycles. The van der Waals surface area contributed by atoms with Gasteiger partial charge in [0.05, 0.1) is 10.6 Å². The van der Waals surface area contributed by atoms with Gasteiger partial charge in [-0.1, -0.05) is 18.2 Å². The summed E-state index contributed by atoms with van der Waals surface area (Å²) in [5.74, 6) is 0.437. The first-order valence-electron chi connectivity index (χ1n) is 5.11. The smallest absolute Gasteiger partial charge is 0.179 e. The number of rotatable bonds is 3. The highest BCUT2D eigenvalue weighted by molar-refractivity contribution is 7.91. The summed E-state index contributed by atoms with van der Waals surface area (Å²) in [4.78, 5) is 0.533. The highest BCUT2D eigenvalue weighted by atomic mass is 32.2. The summed E-state index contributed by atoms with van der Waals surface area (Å²) in [6, 6.07) is 7.34. The Morgan fingerprint density at radius 2 is 2.13 bits per heavy atom. The van der Waals surface area contributed by atoms with Crippen LogP contribution in [0, 0.1) is 0 Å². The third-order valence-corrected chi connectivity index (χ3v) is 4.74. The van der Waals surface area contributed by atoms with Crippen LogP contribution in [0.4, 0.5) is 0 Å². The molecule has 82 valence electrons. The van der Waals surface area contributed by atoms with E-state index in [1.165, 1.54) is 0 Å². The van der Waals surface area contributed by atoms with Gasteiger partial charge in [0.15, 0.2) is 9.84 Å². The van der Waals surface area contributed by atoms with Crippen molar-refractivity contribution in [3.63, 3.8) is 0 Å². The summed E-state index contributed by atoms with van der Waals surface area (Å²) >= 11 is 0. The van der Waals surface area contributed by atoms with Gasteiger partial charge in [0.1, 0.15) is 0 Å². The standard InChI is InChI=1S/C11H15NO2S/c1-12-7-6-9-8-15(13,14)11-5-3-2-4-10(9)11/h2-5,9,12H,6-8H2,1H3. The van der Waals surface area contributed by atoms with Crippen LogP contribution in [0.5, 0.6) is 0 Å². The lowest BCUT2D eigenvalue weighted by molar-refractivity contribution is 0.591. The molecule has 0 bridgehead atoms. The van der Waals surface area contributed by atoms with Crippen LogP contribution in [0.2, 0.25) is 0 Å². The molecule has 0 radical (unpaired) electrons. The number of nitrogens with one attached hydrogen (secondary N) is 1.